The third-order valence-corrected chi connectivity index (χ3v) is 7.23. The SMILES string of the molecule is CC(C(C)C(C)(C)O)C(C)C(C)(O)C(C)C(C)C(C)C(C)(C)O. The number of aliphatic hydroxyl groups is 3. The summed E-state index contributed by atoms with van der Waals surface area (Å²) >= 11 is 0. The summed E-state index contributed by atoms with van der Waals surface area (Å²) in [7, 11) is 0. The first-order valence-corrected chi connectivity index (χ1v) is 9.12. The van der Waals surface area contributed by atoms with Crippen molar-refractivity contribution in [1.82, 2.24) is 0 Å². The highest BCUT2D eigenvalue weighted by atomic mass is 16.3. The van der Waals surface area contributed by atoms with Gasteiger partial charge in [-0.3, -0.25) is 0 Å². The molecule has 0 heterocycles. The Kier molecular flexibility index (Phi) is 7.37. The summed E-state index contributed by atoms with van der Waals surface area (Å²) in [5.41, 5.74) is -2.39. The Bertz CT molecular complexity index is 328. The lowest BCUT2D eigenvalue weighted by Crippen LogP contribution is -2.50. The molecule has 0 aromatic heterocycles. The summed E-state index contributed by atoms with van der Waals surface area (Å²) in [6.07, 6.45) is 0. The number of hydrogen-bond donors (Lipinski definition) is 3. The van der Waals surface area contributed by atoms with Crippen molar-refractivity contribution in [3.8, 4) is 0 Å². The molecule has 140 valence electrons. The van der Waals surface area contributed by atoms with Crippen LogP contribution in [0, 0.1) is 35.5 Å². The van der Waals surface area contributed by atoms with Crippen molar-refractivity contribution in [2.75, 3.05) is 0 Å². The zero-order valence-electron chi connectivity index (χ0n) is 17.3. The molecule has 0 aromatic carbocycles. The van der Waals surface area contributed by atoms with Gasteiger partial charge in [-0.1, -0.05) is 41.5 Å². The molecule has 0 spiro atoms. The highest BCUT2D eigenvalue weighted by molar-refractivity contribution is 4.95. The molecule has 3 heteroatoms. The fourth-order valence-electron chi connectivity index (χ4n) is 3.63. The van der Waals surface area contributed by atoms with Gasteiger partial charge in [-0.15, -0.1) is 0 Å². The van der Waals surface area contributed by atoms with Crippen LogP contribution in [0.4, 0.5) is 0 Å². The smallest absolute Gasteiger partial charge is 0.0675 e. The van der Waals surface area contributed by atoms with E-state index in [1.807, 2.05) is 48.5 Å². The largest absolute Gasteiger partial charge is 0.390 e. The van der Waals surface area contributed by atoms with Gasteiger partial charge in [0.1, 0.15) is 0 Å². The van der Waals surface area contributed by atoms with Crippen molar-refractivity contribution >= 4 is 0 Å². The van der Waals surface area contributed by atoms with E-state index in [1.165, 1.54) is 0 Å². The Labute approximate surface area is 144 Å². The van der Waals surface area contributed by atoms with Crippen LogP contribution in [0.2, 0.25) is 0 Å². The van der Waals surface area contributed by atoms with E-state index in [0.717, 1.165) is 0 Å². The van der Waals surface area contributed by atoms with E-state index in [0.29, 0.717) is 0 Å². The predicted molar refractivity (Wildman–Crippen MR) is 98.2 cm³/mol. The molecule has 0 radical (unpaired) electrons. The highest BCUT2D eigenvalue weighted by Crippen LogP contribution is 2.43. The molecule has 0 rings (SSSR count). The summed E-state index contributed by atoms with van der Waals surface area (Å²) in [5, 5.41) is 31.9. The molecule has 3 N–H and O–H groups in total. The monoisotopic (exact) mass is 330 g/mol. The lowest BCUT2D eigenvalue weighted by Gasteiger charge is -2.47. The van der Waals surface area contributed by atoms with Crippen molar-refractivity contribution < 1.29 is 15.3 Å². The standard InChI is InChI=1S/C20H42O3/c1-12(14(3)18(7,8)21)16(5)20(11,23)17(6)13(2)15(4)19(9,10)22/h12-17,21-23H,1-11H3. The molecule has 3 nitrogen and oxygen atoms in total. The Balaban J connectivity index is 5.30. The van der Waals surface area contributed by atoms with Gasteiger partial charge in [0.25, 0.3) is 0 Å². The van der Waals surface area contributed by atoms with Gasteiger partial charge in [0.2, 0.25) is 0 Å². The van der Waals surface area contributed by atoms with E-state index < -0.39 is 16.8 Å². The predicted octanol–water partition coefficient (Wildman–Crippen LogP) is 4.10. The van der Waals surface area contributed by atoms with E-state index >= 15 is 0 Å². The van der Waals surface area contributed by atoms with Gasteiger partial charge in [0, 0.05) is 0 Å². The Hall–Kier alpha value is -0.120. The average Bonchev–Trinajstić information content (AvgIpc) is 2.40. The maximum Gasteiger partial charge on any atom is 0.0675 e. The maximum atomic E-state index is 11.3. The van der Waals surface area contributed by atoms with Gasteiger partial charge in [0.15, 0.2) is 0 Å². The molecule has 0 saturated carbocycles. The van der Waals surface area contributed by atoms with Crippen molar-refractivity contribution in [1.29, 1.82) is 0 Å². The summed E-state index contributed by atoms with van der Waals surface area (Å²) in [6.45, 7) is 21.7. The van der Waals surface area contributed by atoms with Gasteiger partial charge >= 0.3 is 0 Å². The van der Waals surface area contributed by atoms with Crippen LogP contribution in [0.3, 0.4) is 0 Å². The lowest BCUT2D eigenvalue weighted by atomic mass is 9.63. The second-order valence-electron chi connectivity index (χ2n) is 9.41. The topological polar surface area (TPSA) is 60.7 Å². The second kappa shape index (κ2) is 7.41. The van der Waals surface area contributed by atoms with Crippen molar-refractivity contribution in [3.05, 3.63) is 0 Å². The van der Waals surface area contributed by atoms with E-state index in [1.54, 1.807) is 0 Å². The average molecular weight is 331 g/mol. The molecule has 0 saturated heterocycles. The molecule has 0 aliphatic heterocycles. The maximum absolute atomic E-state index is 11.3. The minimum absolute atomic E-state index is 0.0374. The molecule has 0 amide bonds. The lowest BCUT2D eigenvalue weighted by molar-refractivity contribution is -0.117. The first kappa shape index (κ1) is 22.9. The highest BCUT2D eigenvalue weighted by Gasteiger charge is 2.45. The fourth-order valence-corrected chi connectivity index (χ4v) is 3.63. The van der Waals surface area contributed by atoms with Crippen molar-refractivity contribution in [2.24, 2.45) is 35.5 Å². The van der Waals surface area contributed by atoms with E-state index in [9.17, 15) is 15.3 Å². The number of hydrogen-bond acceptors (Lipinski definition) is 3. The van der Waals surface area contributed by atoms with E-state index in [2.05, 4.69) is 27.7 Å². The third-order valence-electron chi connectivity index (χ3n) is 7.23. The van der Waals surface area contributed by atoms with Crippen LogP contribution < -0.4 is 0 Å². The molecule has 0 aliphatic rings. The Morgan fingerprint density at radius 1 is 0.478 bits per heavy atom. The van der Waals surface area contributed by atoms with Gasteiger partial charge in [0.05, 0.1) is 16.8 Å². The molecule has 6 atom stereocenters. The van der Waals surface area contributed by atoms with Crippen LogP contribution >= 0.6 is 0 Å². The molecule has 0 aromatic rings. The van der Waals surface area contributed by atoms with Crippen molar-refractivity contribution in [2.45, 2.75) is 93.0 Å². The first-order valence-electron chi connectivity index (χ1n) is 9.12. The Morgan fingerprint density at radius 3 is 0.870 bits per heavy atom. The molecular weight excluding hydrogens is 288 g/mol. The van der Waals surface area contributed by atoms with E-state index in [-0.39, 0.29) is 35.5 Å². The van der Waals surface area contributed by atoms with E-state index in [4.69, 9.17) is 0 Å². The van der Waals surface area contributed by atoms with Crippen LogP contribution in [-0.2, 0) is 0 Å². The van der Waals surface area contributed by atoms with Gasteiger partial charge in [-0.05, 0) is 70.1 Å². The molecule has 0 bridgehead atoms. The van der Waals surface area contributed by atoms with Crippen LogP contribution in [0.5, 0.6) is 0 Å². The Morgan fingerprint density at radius 2 is 0.696 bits per heavy atom. The molecule has 6 unspecified atom stereocenters. The number of rotatable bonds is 8. The van der Waals surface area contributed by atoms with Crippen LogP contribution in [0.25, 0.3) is 0 Å². The van der Waals surface area contributed by atoms with Crippen LogP contribution in [-0.4, -0.2) is 32.1 Å². The summed E-state index contributed by atoms with van der Waals surface area (Å²) in [4.78, 5) is 0. The minimum atomic E-state index is -0.863. The first-order chi connectivity index (χ1) is 9.95. The molecule has 0 fully saturated rings. The summed E-state index contributed by atoms with van der Waals surface area (Å²) in [6, 6.07) is 0. The van der Waals surface area contributed by atoms with Crippen LogP contribution in [0.15, 0.2) is 0 Å². The third kappa shape index (κ3) is 5.44. The summed E-state index contributed by atoms with van der Waals surface area (Å²) < 4.78 is 0. The van der Waals surface area contributed by atoms with Gasteiger partial charge in [-0.2, -0.15) is 0 Å². The zero-order chi connectivity index (χ0) is 19.0. The van der Waals surface area contributed by atoms with Crippen LogP contribution in [0.1, 0.15) is 76.2 Å². The fraction of sp³-hybridized carbons (Fsp3) is 1.00. The second-order valence-corrected chi connectivity index (χ2v) is 9.41. The molecule has 0 aliphatic carbocycles. The van der Waals surface area contributed by atoms with Gasteiger partial charge in [-0.25, -0.2) is 0 Å². The molecule has 23 heavy (non-hydrogen) atoms. The van der Waals surface area contributed by atoms with Crippen molar-refractivity contribution in [3.63, 3.8) is 0 Å². The summed E-state index contributed by atoms with van der Waals surface area (Å²) in [5.74, 6) is 0.594. The molecular formula is C20H42O3. The van der Waals surface area contributed by atoms with Gasteiger partial charge < -0.3 is 15.3 Å². The normalized spacial score (nSPS) is 24.3. The minimum Gasteiger partial charge on any atom is -0.390 e. The zero-order valence-corrected chi connectivity index (χ0v) is 17.3. The quantitative estimate of drug-likeness (QED) is 0.628.